The third kappa shape index (κ3) is 5.39. The summed E-state index contributed by atoms with van der Waals surface area (Å²) in [6, 6.07) is 18.0. The zero-order valence-corrected chi connectivity index (χ0v) is 19.1. The van der Waals surface area contributed by atoms with Gasteiger partial charge in [0.15, 0.2) is 0 Å². The third-order valence-corrected chi connectivity index (χ3v) is 7.04. The molecule has 0 aromatic heterocycles. The van der Waals surface area contributed by atoms with Crippen LogP contribution in [0, 0.1) is 12.8 Å². The average molecular weight is 434 g/mol. The molecule has 32 heavy (non-hydrogen) atoms. The molecular weight excluding hydrogens is 398 g/mol. The van der Waals surface area contributed by atoms with Crippen LogP contribution < -0.4 is 5.32 Å². The smallest absolute Gasteiger partial charge is 0.254 e. The van der Waals surface area contributed by atoms with Crippen molar-refractivity contribution in [1.82, 2.24) is 15.1 Å². The zero-order chi connectivity index (χ0) is 22.3. The number of hydrogen-bond donors (Lipinski definition) is 1. The summed E-state index contributed by atoms with van der Waals surface area (Å²) in [6.45, 7) is 5.51. The maximum absolute atomic E-state index is 13.3. The van der Waals surface area contributed by atoms with Gasteiger partial charge in [0.25, 0.3) is 5.91 Å². The van der Waals surface area contributed by atoms with Gasteiger partial charge in [-0.2, -0.15) is 0 Å². The summed E-state index contributed by atoms with van der Waals surface area (Å²) in [5.41, 5.74) is 3.04. The number of nitrogens with zero attached hydrogens (tertiary/aromatic N) is 2. The quantitative estimate of drug-likeness (QED) is 0.725. The van der Waals surface area contributed by atoms with E-state index in [1.807, 2.05) is 54.3 Å². The molecule has 4 rings (SSSR count). The SMILES string of the molecule is Cc1ccccc1C(=O)N1CCN(C(C(=O)NCCc2ccccc2)C2CCCC2)CC1. The number of rotatable bonds is 7. The monoisotopic (exact) mass is 433 g/mol. The van der Waals surface area contributed by atoms with Crippen molar-refractivity contribution in [3.8, 4) is 0 Å². The number of carbonyl (C=O) groups is 2. The Bertz CT molecular complexity index is 900. The summed E-state index contributed by atoms with van der Waals surface area (Å²) in [5.74, 6) is 0.685. The van der Waals surface area contributed by atoms with E-state index in [9.17, 15) is 9.59 Å². The Labute approximate surface area is 191 Å². The van der Waals surface area contributed by atoms with E-state index in [4.69, 9.17) is 0 Å². The molecule has 5 nitrogen and oxygen atoms in total. The lowest BCUT2D eigenvalue weighted by molar-refractivity contribution is -0.129. The van der Waals surface area contributed by atoms with Crippen LogP contribution >= 0.6 is 0 Å². The van der Waals surface area contributed by atoms with E-state index in [1.54, 1.807) is 0 Å². The molecule has 0 radical (unpaired) electrons. The minimum atomic E-state index is -0.0796. The standard InChI is InChI=1S/C27H35N3O2/c1-21-9-5-8-14-24(21)27(32)30-19-17-29(18-20-30)25(23-12-6-7-13-23)26(31)28-16-15-22-10-3-2-4-11-22/h2-5,8-11,14,23,25H,6-7,12-13,15-20H2,1H3,(H,28,31). The van der Waals surface area contributed by atoms with Crippen LogP contribution in [0.4, 0.5) is 0 Å². The molecule has 0 bridgehead atoms. The van der Waals surface area contributed by atoms with E-state index in [2.05, 4.69) is 22.3 Å². The van der Waals surface area contributed by atoms with Crippen LogP contribution in [-0.4, -0.2) is 60.4 Å². The van der Waals surface area contributed by atoms with Crippen molar-refractivity contribution in [2.45, 2.75) is 45.1 Å². The minimum absolute atomic E-state index is 0.0796. The van der Waals surface area contributed by atoms with Gasteiger partial charge in [-0.3, -0.25) is 14.5 Å². The lowest BCUT2D eigenvalue weighted by Crippen LogP contribution is -2.58. The number of benzene rings is 2. The Hall–Kier alpha value is -2.66. The molecule has 1 N–H and O–H groups in total. The van der Waals surface area contributed by atoms with Crippen LogP contribution in [-0.2, 0) is 11.2 Å². The summed E-state index contributed by atoms with van der Waals surface area (Å²) in [7, 11) is 0. The van der Waals surface area contributed by atoms with Crippen LogP contribution in [0.15, 0.2) is 54.6 Å². The van der Waals surface area contributed by atoms with Gasteiger partial charge in [-0.05, 0) is 49.3 Å². The lowest BCUT2D eigenvalue weighted by atomic mass is 9.94. The fourth-order valence-electron chi connectivity index (χ4n) is 5.22. The number of piperazine rings is 1. The summed E-state index contributed by atoms with van der Waals surface area (Å²) in [5, 5.41) is 3.21. The Morgan fingerprint density at radius 3 is 2.28 bits per heavy atom. The molecule has 170 valence electrons. The van der Waals surface area contributed by atoms with Gasteiger partial charge in [-0.25, -0.2) is 0 Å². The summed E-state index contributed by atoms with van der Waals surface area (Å²) >= 11 is 0. The Morgan fingerprint density at radius 1 is 0.938 bits per heavy atom. The molecule has 1 saturated carbocycles. The van der Waals surface area contributed by atoms with Crippen LogP contribution in [0.5, 0.6) is 0 Å². The molecule has 1 heterocycles. The first-order valence-electron chi connectivity index (χ1n) is 12.0. The molecule has 1 atom stereocenters. The van der Waals surface area contributed by atoms with Crippen molar-refractivity contribution in [2.24, 2.45) is 5.92 Å². The summed E-state index contributed by atoms with van der Waals surface area (Å²) < 4.78 is 0. The Morgan fingerprint density at radius 2 is 1.59 bits per heavy atom. The number of aryl methyl sites for hydroxylation is 1. The van der Waals surface area contributed by atoms with Gasteiger partial charge >= 0.3 is 0 Å². The second-order valence-electron chi connectivity index (χ2n) is 9.16. The third-order valence-electron chi connectivity index (χ3n) is 7.04. The minimum Gasteiger partial charge on any atom is -0.354 e. The highest BCUT2D eigenvalue weighted by Gasteiger charge is 2.37. The van der Waals surface area contributed by atoms with Gasteiger partial charge in [0.05, 0.1) is 6.04 Å². The number of hydrogen-bond acceptors (Lipinski definition) is 3. The largest absolute Gasteiger partial charge is 0.354 e. The highest BCUT2D eigenvalue weighted by Crippen LogP contribution is 2.31. The van der Waals surface area contributed by atoms with Crippen molar-refractivity contribution < 1.29 is 9.59 Å². The molecule has 5 heteroatoms. The first-order valence-corrected chi connectivity index (χ1v) is 12.0. The molecule has 2 aliphatic rings. The van der Waals surface area contributed by atoms with Crippen molar-refractivity contribution in [1.29, 1.82) is 0 Å². The topological polar surface area (TPSA) is 52.7 Å². The van der Waals surface area contributed by atoms with Crippen molar-refractivity contribution in [3.05, 3.63) is 71.3 Å². The van der Waals surface area contributed by atoms with E-state index >= 15 is 0 Å². The summed E-state index contributed by atoms with van der Waals surface area (Å²) in [6.07, 6.45) is 5.52. The molecule has 1 saturated heterocycles. The number of nitrogens with one attached hydrogen (secondary N) is 1. The van der Waals surface area contributed by atoms with Crippen molar-refractivity contribution in [2.75, 3.05) is 32.7 Å². The second kappa shape index (κ2) is 10.8. The van der Waals surface area contributed by atoms with Gasteiger partial charge in [0.2, 0.25) is 5.91 Å². The van der Waals surface area contributed by atoms with Gasteiger partial charge in [-0.1, -0.05) is 61.4 Å². The van der Waals surface area contributed by atoms with Crippen LogP contribution in [0.3, 0.4) is 0 Å². The molecule has 0 spiro atoms. The normalized spacial score (nSPS) is 18.5. The second-order valence-corrected chi connectivity index (χ2v) is 9.16. The van der Waals surface area contributed by atoms with Crippen molar-refractivity contribution >= 4 is 11.8 Å². The van der Waals surface area contributed by atoms with Gasteiger partial charge in [0.1, 0.15) is 0 Å². The summed E-state index contributed by atoms with van der Waals surface area (Å²) in [4.78, 5) is 30.5. The average Bonchev–Trinajstić information content (AvgIpc) is 3.35. The van der Waals surface area contributed by atoms with E-state index in [0.717, 1.165) is 43.5 Å². The van der Waals surface area contributed by atoms with Crippen LogP contribution in [0.2, 0.25) is 0 Å². The van der Waals surface area contributed by atoms with Gasteiger partial charge in [0, 0.05) is 38.3 Å². The first kappa shape index (κ1) is 22.5. The maximum Gasteiger partial charge on any atom is 0.254 e. The molecule has 2 aromatic rings. The fourth-order valence-corrected chi connectivity index (χ4v) is 5.22. The number of amides is 2. The predicted molar refractivity (Wildman–Crippen MR) is 128 cm³/mol. The molecule has 1 aliphatic carbocycles. The van der Waals surface area contributed by atoms with Crippen molar-refractivity contribution in [3.63, 3.8) is 0 Å². The Balaban J connectivity index is 1.35. The first-order chi connectivity index (χ1) is 15.6. The molecule has 2 aromatic carbocycles. The van der Waals surface area contributed by atoms with Crippen LogP contribution in [0.1, 0.15) is 47.2 Å². The fraction of sp³-hybridized carbons (Fsp3) is 0.481. The zero-order valence-electron chi connectivity index (χ0n) is 19.1. The highest BCUT2D eigenvalue weighted by atomic mass is 16.2. The predicted octanol–water partition coefficient (Wildman–Crippen LogP) is 3.67. The van der Waals surface area contributed by atoms with Crippen LogP contribution in [0.25, 0.3) is 0 Å². The van der Waals surface area contributed by atoms with Gasteiger partial charge in [-0.15, -0.1) is 0 Å². The molecule has 1 aliphatic heterocycles. The molecule has 2 amide bonds. The lowest BCUT2D eigenvalue weighted by Gasteiger charge is -2.41. The van der Waals surface area contributed by atoms with E-state index in [1.165, 1.54) is 18.4 Å². The molecule has 1 unspecified atom stereocenters. The van der Waals surface area contributed by atoms with E-state index < -0.39 is 0 Å². The highest BCUT2D eigenvalue weighted by molar-refractivity contribution is 5.95. The maximum atomic E-state index is 13.3. The Kier molecular flexibility index (Phi) is 7.59. The van der Waals surface area contributed by atoms with E-state index in [-0.39, 0.29) is 17.9 Å². The van der Waals surface area contributed by atoms with E-state index in [0.29, 0.717) is 25.6 Å². The van der Waals surface area contributed by atoms with Gasteiger partial charge < -0.3 is 10.2 Å². The number of carbonyl (C=O) groups excluding carboxylic acids is 2. The molecular formula is C27H35N3O2. The molecule has 2 fully saturated rings.